The summed E-state index contributed by atoms with van der Waals surface area (Å²) in [4.78, 5) is 13.8. The van der Waals surface area contributed by atoms with Gasteiger partial charge in [0.05, 0.1) is 0 Å². The van der Waals surface area contributed by atoms with Crippen molar-refractivity contribution in [2.24, 2.45) is 5.41 Å². The molecule has 2 nitrogen and oxygen atoms in total. The molecule has 0 saturated carbocycles. The van der Waals surface area contributed by atoms with Crippen LogP contribution in [0, 0.1) is 5.41 Å². The molecule has 0 aromatic heterocycles. The quantitative estimate of drug-likeness (QED) is 0.699. The highest BCUT2D eigenvalue weighted by molar-refractivity contribution is 5.79. The van der Waals surface area contributed by atoms with E-state index in [2.05, 4.69) is 25.8 Å². The molecule has 0 aromatic carbocycles. The monoisotopic (exact) mass is 213 g/mol. The normalized spacial score (nSPS) is 18.7. The lowest BCUT2D eigenvalue weighted by atomic mass is 9.73. The molecule has 0 N–H and O–H groups in total. The first-order valence-corrected chi connectivity index (χ1v) is 6.32. The number of carbonyl (C=O) groups is 1. The Balaban J connectivity index is 0.000000921. The van der Waals surface area contributed by atoms with Crippen molar-refractivity contribution in [2.45, 2.75) is 53.4 Å². The van der Waals surface area contributed by atoms with Crippen LogP contribution < -0.4 is 0 Å². The Kier molecular flexibility index (Phi) is 6.82. The second kappa shape index (κ2) is 7.00. The summed E-state index contributed by atoms with van der Waals surface area (Å²) in [7, 11) is 2.12. The molecule has 1 aliphatic heterocycles. The van der Waals surface area contributed by atoms with Crippen LogP contribution in [0.3, 0.4) is 0 Å². The number of hydrogen-bond acceptors (Lipinski definition) is 2. The average molecular weight is 213 g/mol. The highest BCUT2D eigenvalue weighted by atomic mass is 16.1. The molecule has 0 amide bonds. The van der Waals surface area contributed by atoms with Crippen molar-refractivity contribution in [3.8, 4) is 0 Å². The predicted octanol–water partition coefficient (Wildman–Crippen LogP) is 3.11. The second-order valence-electron chi connectivity index (χ2n) is 4.49. The third kappa shape index (κ3) is 4.33. The van der Waals surface area contributed by atoms with E-state index >= 15 is 0 Å². The topological polar surface area (TPSA) is 20.3 Å². The first-order chi connectivity index (χ1) is 7.12. The predicted molar refractivity (Wildman–Crippen MR) is 66.1 cm³/mol. The fourth-order valence-corrected chi connectivity index (χ4v) is 2.34. The van der Waals surface area contributed by atoms with Crippen molar-refractivity contribution < 1.29 is 4.79 Å². The largest absolute Gasteiger partial charge is 0.305 e. The van der Waals surface area contributed by atoms with Crippen LogP contribution in [0.1, 0.15) is 53.4 Å². The molecule has 1 fully saturated rings. The van der Waals surface area contributed by atoms with E-state index in [1.54, 1.807) is 0 Å². The number of likely N-dealkylation sites (tertiary alicyclic amines) is 1. The first kappa shape index (κ1) is 14.6. The number of carbonyl (C=O) groups excluding carboxylic acids is 1. The molecule has 2 heteroatoms. The van der Waals surface area contributed by atoms with Crippen molar-refractivity contribution in [2.75, 3.05) is 20.1 Å². The molecular weight excluding hydrogens is 186 g/mol. The van der Waals surface area contributed by atoms with E-state index in [4.69, 9.17) is 0 Å². The highest BCUT2D eigenvalue weighted by Crippen LogP contribution is 2.36. The van der Waals surface area contributed by atoms with E-state index in [1.165, 1.54) is 0 Å². The van der Waals surface area contributed by atoms with Crippen LogP contribution in [-0.4, -0.2) is 30.8 Å². The average Bonchev–Trinajstić information content (AvgIpc) is 2.18. The van der Waals surface area contributed by atoms with Gasteiger partial charge in [-0.25, -0.2) is 0 Å². The van der Waals surface area contributed by atoms with Gasteiger partial charge in [0, 0.05) is 31.3 Å². The molecular formula is C13H27NO. The summed E-state index contributed by atoms with van der Waals surface area (Å²) in [6.07, 6.45) is 3.72. The summed E-state index contributed by atoms with van der Waals surface area (Å²) in [5.74, 6) is 0.456. The third-order valence-electron chi connectivity index (χ3n) is 3.06. The Morgan fingerprint density at radius 3 is 2.13 bits per heavy atom. The van der Waals surface area contributed by atoms with Crippen LogP contribution in [0.25, 0.3) is 0 Å². The summed E-state index contributed by atoms with van der Waals surface area (Å²) >= 11 is 0. The Bertz CT molecular complexity index is 183. The van der Waals surface area contributed by atoms with E-state index in [9.17, 15) is 4.79 Å². The van der Waals surface area contributed by atoms with E-state index in [0.717, 1.165) is 38.8 Å². The zero-order chi connectivity index (χ0) is 11.9. The van der Waals surface area contributed by atoms with Gasteiger partial charge >= 0.3 is 0 Å². The van der Waals surface area contributed by atoms with Gasteiger partial charge in [0.1, 0.15) is 5.78 Å². The van der Waals surface area contributed by atoms with Gasteiger partial charge in [-0.2, -0.15) is 0 Å². The molecule has 0 aromatic rings. The Hall–Kier alpha value is -0.370. The van der Waals surface area contributed by atoms with E-state index in [-0.39, 0.29) is 0 Å². The van der Waals surface area contributed by atoms with Crippen LogP contribution in [0.5, 0.6) is 0 Å². The van der Waals surface area contributed by atoms with Crippen molar-refractivity contribution in [1.82, 2.24) is 4.90 Å². The van der Waals surface area contributed by atoms with Crippen LogP contribution >= 0.6 is 0 Å². The van der Waals surface area contributed by atoms with Gasteiger partial charge in [-0.05, 0) is 19.9 Å². The lowest BCUT2D eigenvalue weighted by molar-refractivity contribution is -0.124. The van der Waals surface area contributed by atoms with Gasteiger partial charge in [-0.15, -0.1) is 0 Å². The van der Waals surface area contributed by atoms with Crippen molar-refractivity contribution >= 4 is 5.78 Å². The zero-order valence-electron chi connectivity index (χ0n) is 11.1. The Labute approximate surface area is 95.0 Å². The lowest BCUT2D eigenvalue weighted by Gasteiger charge is -2.48. The molecule has 1 rings (SSSR count). The molecule has 1 aliphatic rings. The minimum atomic E-state index is 0.334. The van der Waals surface area contributed by atoms with Crippen LogP contribution in [0.15, 0.2) is 0 Å². The fourth-order valence-electron chi connectivity index (χ4n) is 2.34. The SMILES string of the molecule is CC.CCCC(=O)CC1(CC)CN(C)C1. The van der Waals surface area contributed by atoms with Gasteiger partial charge in [0.2, 0.25) is 0 Å². The van der Waals surface area contributed by atoms with E-state index in [1.807, 2.05) is 13.8 Å². The molecule has 0 unspecified atom stereocenters. The maximum absolute atomic E-state index is 11.5. The van der Waals surface area contributed by atoms with Crippen molar-refractivity contribution in [3.63, 3.8) is 0 Å². The summed E-state index contributed by atoms with van der Waals surface area (Å²) in [6.45, 7) is 10.5. The molecule has 0 bridgehead atoms. The maximum atomic E-state index is 11.5. The molecule has 0 atom stereocenters. The zero-order valence-corrected chi connectivity index (χ0v) is 11.1. The first-order valence-electron chi connectivity index (χ1n) is 6.32. The highest BCUT2D eigenvalue weighted by Gasteiger charge is 2.40. The molecule has 0 spiro atoms. The standard InChI is InChI=1S/C11H21NO.C2H6/c1-4-6-10(13)7-11(5-2)8-12(3)9-11;1-2/h4-9H2,1-3H3;1-2H3. The van der Waals surface area contributed by atoms with Crippen LogP contribution in [0.2, 0.25) is 0 Å². The Morgan fingerprint density at radius 2 is 1.80 bits per heavy atom. The van der Waals surface area contributed by atoms with Crippen molar-refractivity contribution in [3.05, 3.63) is 0 Å². The fraction of sp³-hybridized carbons (Fsp3) is 0.923. The Morgan fingerprint density at radius 1 is 1.27 bits per heavy atom. The molecule has 1 heterocycles. The number of ketones is 1. The molecule has 0 aliphatic carbocycles. The molecule has 0 radical (unpaired) electrons. The summed E-state index contributed by atoms with van der Waals surface area (Å²) in [5, 5.41) is 0. The van der Waals surface area contributed by atoms with Gasteiger partial charge in [-0.3, -0.25) is 4.79 Å². The number of rotatable bonds is 5. The number of hydrogen-bond donors (Lipinski definition) is 0. The second-order valence-corrected chi connectivity index (χ2v) is 4.49. The molecule has 15 heavy (non-hydrogen) atoms. The summed E-state index contributed by atoms with van der Waals surface area (Å²) in [6, 6.07) is 0. The minimum absolute atomic E-state index is 0.334. The number of nitrogens with zero attached hydrogens (tertiary/aromatic N) is 1. The lowest BCUT2D eigenvalue weighted by Crippen LogP contribution is -2.54. The summed E-state index contributed by atoms with van der Waals surface area (Å²) < 4.78 is 0. The van der Waals surface area contributed by atoms with Gasteiger partial charge in [0.25, 0.3) is 0 Å². The number of Topliss-reactive ketones (excluding diaryl/α,β-unsaturated/α-hetero) is 1. The van der Waals surface area contributed by atoms with Crippen LogP contribution in [-0.2, 0) is 4.79 Å². The van der Waals surface area contributed by atoms with Crippen molar-refractivity contribution in [1.29, 1.82) is 0 Å². The van der Waals surface area contributed by atoms with E-state index < -0.39 is 0 Å². The molecule has 90 valence electrons. The third-order valence-corrected chi connectivity index (χ3v) is 3.06. The molecule has 1 saturated heterocycles. The van der Waals surface area contributed by atoms with Gasteiger partial charge in [0.15, 0.2) is 0 Å². The van der Waals surface area contributed by atoms with Crippen LogP contribution in [0.4, 0.5) is 0 Å². The summed E-state index contributed by atoms with van der Waals surface area (Å²) in [5.41, 5.74) is 0.334. The minimum Gasteiger partial charge on any atom is -0.305 e. The van der Waals surface area contributed by atoms with Gasteiger partial charge < -0.3 is 4.90 Å². The van der Waals surface area contributed by atoms with Gasteiger partial charge in [-0.1, -0.05) is 27.7 Å². The maximum Gasteiger partial charge on any atom is 0.133 e. The smallest absolute Gasteiger partial charge is 0.133 e. The van der Waals surface area contributed by atoms with E-state index in [0.29, 0.717) is 11.2 Å².